The molecular formula is C26H27N4+. The summed E-state index contributed by atoms with van der Waals surface area (Å²) in [5.41, 5.74) is 6.89. The number of aromatic nitrogens is 1. The van der Waals surface area contributed by atoms with Crippen LogP contribution in [0.25, 0.3) is 22.0 Å². The van der Waals surface area contributed by atoms with E-state index < -0.39 is 0 Å². The number of nitrogens with zero attached hydrogens (tertiary/aromatic N) is 2. The van der Waals surface area contributed by atoms with Gasteiger partial charge < -0.3 is 15.1 Å². The van der Waals surface area contributed by atoms with Crippen molar-refractivity contribution < 1.29 is 4.90 Å². The molecule has 1 aliphatic heterocycles. The van der Waals surface area contributed by atoms with Gasteiger partial charge in [-0.3, -0.25) is 4.98 Å². The molecule has 1 aromatic heterocycles. The van der Waals surface area contributed by atoms with Gasteiger partial charge in [-0.1, -0.05) is 36.4 Å². The number of piperazine rings is 1. The van der Waals surface area contributed by atoms with Crippen LogP contribution in [0.2, 0.25) is 0 Å². The number of anilines is 3. The molecule has 4 heteroatoms. The summed E-state index contributed by atoms with van der Waals surface area (Å²) in [6.07, 6.45) is 1.87. The normalized spacial score (nSPS) is 14.8. The average Bonchev–Trinajstić information content (AvgIpc) is 2.81. The monoisotopic (exact) mass is 395 g/mol. The first-order valence-corrected chi connectivity index (χ1v) is 10.6. The number of fused-ring (bicyclic) bond motifs is 1. The molecule has 30 heavy (non-hydrogen) atoms. The van der Waals surface area contributed by atoms with Gasteiger partial charge >= 0.3 is 0 Å². The highest BCUT2D eigenvalue weighted by molar-refractivity contribution is 5.95. The number of pyridine rings is 1. The van der Waals surface area contributed by atoms with Crippen LogP contribution in [0.1, 0.15) is 0 Å². The van der Waals surface area contributed by atoms with E-state index in [-0.39, 0.29) is 0 Å². The van der Waals surface area contributed by atoms with E-state index in [1.807, 2.05) is 18.3 Å². The van der Waals surface area contributed by atoms with Crippen molar-refractivity contribution in [1.82, 2.24) is 4.98 Å². The third-order valence-electron chi connectivity index (χ3n) is 5.98. The van der Waals surface area contributed by atoms with E-state index in [0.29, 0.717) is 0 Å². The van der Waals surface area contributed by atoms with Gasteiger partial charge in [0.25, 0.3) is 0 Å². The van der Waals surface area contributed by atoms with Gasteiger partial charge in [0.2, 0.25) is 0 Å². The fourth-order valence-electron chi connectivity index (χ4n) is 4.12. The molecule has 4 aromatic rings. The van der Waals surface area contributed by atoms with E-state index in [1.165, 1.54) is 29.9 Å². The van der Waals surface area contributed by atoms with Crippen LogP contribution in [0.3, 0.4) is 0 Å². The zero-order valence-electron chi connectivity index (χ0n) is 17.3. The molecule has 0 amide bonds. The lowest BCUT2D eigenvalue weighted by atomic mass is 10.0. The molecule has 4 nitrogen and oxygen atoms in total. The number of hydrogen-bond donors (Lipinski definition) is 2. The first-order valence-electron chi connectivity index (χ1n) is 10.6. The maximum Gasteiger partial charge on any atom is 0.0947 e. The van der Waals surface area contributed by atoms with E-state index in [0.717, 1.165) is 35.4 Å². The minimum Gasteiger partial charge on any atom is -0.360 e. The summed E-state index contributed by atoms with van der Waals surface area (Å²) < 4.78 is 0. The molecule has 1 saturated heterocycles. The molecule has 3 aromatic carbocycles. The first kappa shape index (κ1) is 18.6. The number of hydrogen-bond acceptors (Lipinski definition) is 3. The number of rotatable bonds is 4. The molecule has 0 radical (unpaired) electrons. The van der Waals surface area contributed by atoms with Crippen molar-refractivity contribution in [3.8, 4) is 11.1 Å². The van der Waals surface area contributed by atoms with Crippen molar-refractivity contribution in [2.75, 3.05) is 43.4 Å². The van der Waals surface area contributed by atoms with Crippen molar-refractivity contribution in [3.05, 3.63) is 85.1 Å². The smallest absolute Gasteiger partial charge is 0.0947 e. The van der Waals surface area contributed by atoms with E-state index in [2.05, 4.69) is 89.0 Å². The molecule has 0 saturated carbocycles. The fourth-order valence-corrected chi connectivity index (χ4v) is 4.12. The van der Waals surface area contributed by atoms with Crippen LogP contribution in [-0.4, -0.2) is 38.2 Å². The Balaban J connectivity index is 1.41. The Morgan fingerprint density at radius 3 is 2.37 bits per heavy atom. The summed E-state index contributed by atoms with van der Waals surface area (Å²) in [4.78, 5) is 8.64. The molecule has 1 aliphatic rings. The Morgan fingerprint density at radius 2 is 1.60 bits per heavy atom. The number of nitrogens with one attached hydrogen (secondary N) is 2. The summed E-state index contributed by atoms with van der Waals surface area (Å²) in [6.45, 7) is 4.64. The number of quaternary nitrogens is 1. The zero-order valence-corrected chi connectivity index (χ0v) is 17.3. The minimum absolute atomic E-state index is 0.997. The largest absolute Gasteiger partial charge is 0.360 e. The topological polar surface area (TPSA) is 32.6 Å². The standard InChI is InChI=1S/C26H26N4/c1-29-15-17-30(18-16-29)23-10-8-22(9-11-23)28-26-13-14-27-25-12-7-21(19-24(25)26)20-5-3-2-4-6-20/h2-14,19H,15-18H2,1H3,(H,27,28)/p+1. The summed E-state index contributed by atoms with van der Waals surface area (Å²) in [5.74, 6) is 0. The van der Waals surface area contributed by atoms with Gasteiger partial charge in [-0.05, 0) is 53.6 Å². The molecular weight excluding hydrogens is 368 g/mol. The summed E-state index contributed by atoms with van der Waals surface area (Å²) in [6, 6.07) is 27.8. The summed E-state index contributed by atoms with van der Waals surface area (Å²) in [7, 11) is 2.27. The van der Waals surface area contributed by atoms with Crippen LogP contribution >= 0.6 is 0 Å². The molecule has 0 bridgehead atoms. The van der Waals surface area contributed by atoms with Gasteiger partial charge in [-0.25, -0.2) is 0 Å². The van der Waals surface area contributed by atoms with Crippen LogP contribution in [0.4, 0.5) is 17.1 Å². The molecule has 150 valence electrons. The molecule has 1 fully saturated rings. The van der Waals surface area contributed by atoms with E-state index in [1.54, 1.807) is 4.90 Å². The predicted molar refractivity (Wildman–Crippen MR) is 126 cm³/mol. The van der Waals surface area contributed by atoms with Gasteiger partial charge in [0.15, 0.2) is 0 Å². The van der Waals surface area contributed by atoms with Gasteiger partial charge in [-0.15, -0.1) is 0 Å². The Labute approximate surface area is 177 Å². The predicted octanol–water partition coefficient (Wildman–Crippen LogP) is 3.98. The van der Waals surface area contributed by atoms with E-state index in [9.17, 15) is 0 Å². The highest BCUT2D eigenvalue weighted by Crippen LogP contribution is 2.30. The molecule has 0 atom stereocenters. The molecule has 0 aliphatic carbocycles. The van der Waals surface area contributed by atoms with Crippen molar-refractivity contribution in [1.29, 1.82) is 0 Å². The highest BCUT2D eigenvalue weighted by Gasteiger charge is 2.16. The van der Waals surface area contributed by atoms with Gasteiger partial charge in [-0.2, -0.15) is 0 Å². The number of benzene rings is 3. The lowest BCUT2D eigenvalue weighted by Crippen LogP contribution is -3.12. The second-order valence-corrected chi connectivity index (χ2v) is 8.07. The molecule has 5 rings (SSSR count). The maximum atomic E-state index is 4.55. The second-order valence-electron chi connectivity index (χ2n) is 8.07. The third kappa shape index (κ3) is 3.87. The first-order chi connectivity index (χ1) is 14.8. The number of likely N-dealkylation sites (N-methyl/N-ethyl adjacent to an activating group) is 1. The highest BCUT2D eigenvalue weighted by atomic mass is 15.2. The van der Waals surface area contributed by atoms with Crippen molar-refractivity contribution in [2.45, 2.75) is 0 Å². The van der Waals surface area contributed by atoms with Crippen LogP contribution in [-0.2, 0) is 0 Å². The van der Waals surface area contributed by atoms with Crippen molar-refractivity contribution in [3.63, 3.8) is 0 Å². The minimum atomic E-state index is 0.997. The Hall–Kier alpha value is -3.37. The second kappa shape index (κ2) is 8.17. The molecule has 0 spiro atoms. The van der Waals surface area contributed by atoms with Gasteiger partial charge in [0, 0.05) is 28.6 Å². The van der Waals surface area contributed by atoms with Crippen LogP contribution in [0, 0.1) is 0 Å². The molecule has 2 heterocycles. The average molecular weight is 396 g/mol. The maximum absolute atomic E-state index is 4.55. The third-order valence-corrected chi connectivity index (χ3v) is 5.98. The fraction of sp³-hybridized carbons (Fsp3) is 0.192. The van der Waals surface area contributed by atoms with Gasteiger partial charge in [0.1, 0.15) is 0 Å². The summed E-state index contributed by atoms with van der Waals surface area (Å²) >= 11 is 0. The summed E-state index contributed by atoms with van der Waals surface area (Å²) in [5, 5.41) is 4.73. The van der Waals surface area contributed by atoms with E-state index in [4.69, 9.17) is 0 Å². The molecule has 2 N–H and O–H groups in total. The molecule has 0 unspecified atom stereocenters. The Bertz CT molecular complexity index is 1130. The van der Waals surface area contributed by atoms with Crippen molar-refractivity contribution >= 4 is 28.0 Å². The van der Waals surface area contributed by atoms with Crippen LogP contribution < -0.4 is 15.1 Å². The Kier molecular flexibility index (Phi) is 5.08. The SMILES string of the molecule is C[NH+]1CCN(c2ccc(Nc3ccnc4ccc(-c5ccccc5)cc34)cc2)CC1. The van der Waals surface area contributed by atoms with Crippen LogP contribution in [0.5, 0.6) is 0 Å². The van der Waals surface area contributed by atoms with Gasteiger partial charge in [0.05, 0.1) is 38.7 Å². The Morgan fingerprint density at radius 1 is 0.833 bits per heavy atom. The van der Waals surface area contributed by atoms with E-state index >= 15 is 0 Å². The van der Waals surface area contributed by atoms with Crippen LogP contribution in [0.15, 0.2) is 85.1 Å². The quantitative estimate of drug-likeness (QED) is 0.548. The lowest BCUT2D eigenvalue weighted by molar-refractivity contribution is -0.880. The zero-order chi connectivity index (χ0) is 20.3. The lowest BCUT2D eigenvalue weighted by Gasteiger charge is -2.31. The van der Waals surface area contributed by atoms with Crippen molar-refractivity contribution in [2.24, 2.45) is 0 Å².